The molecule has 0 aliphatic heterocycles. The van der Waals surface area contributed by atoms with Gasteiger partial charge < -0.3 is 0 Å². The molecule has 0 saturated carbocycles. The van der Waals surface area contributed by atoms with Gasteiger partial charge in [0.15, 0.2) is 0 Å². The zero-order valence-electron chi connectivity index (χ0n) is 11.6. The molecule has 0 fully saturated rings. The maximum atomic E-state index is 12.6. The number of hydrogen-bond donors (Lipinski definition) is 1. The molecule has 1 rings (SSSR count). The first kappa shape index (κ1) is 17.1. The van der Waals surface area contributed by atoms with E-state index in [9.17, 15) is 16.8 Å². The average molecular weight is 320 g/mol. The quantitative estimate of drug-likeness (QED) is 0.814. The van der Waals surface area contributed by atoms with Crippen LogP contribution >= 0.6 is 0 Å². The molecular formula is C12H20N2O4S2. The van der Waals surface area contributed by atoms with Gasteiger partial charge in [0.05, 0.1) is 0 Å². The van der Waals surface area contributed by atoms with Crippen molar-refractivity contribution in [2.24, 2.45) is 5.14 Å². The maximum Gasteiger partial charge on any atom is 0.244 e. The topological polar surface area (TPSA) is 97.5 Å². The van der Waals surface area contributed by atoms with Crippen LogP contribution < -0.4 is 5.14 Å². The Morgan fingerprint density at radius 3 is 1.80 bits per heavy atom. The van der Waals surface area contributed by atoms with Crippen LogP contribution in [-0.4, -0.2) is 34.2 Å². The summed E-state index contributed by atoms with van der Waals surface area (Å²) >= 11 is 0. The van der Waals surface area contributed by atoms with Crippen LogP contribution in [0.4, 0.5) is 0 Å². The number of nitrogens with zero attached hydrogens (tertiary/aromatic N) is 1. The molecule has 114 valence electrons. The van der Waals surface area contributed by atoms with Crippen LogP contribution in [0.1, 0.15) is 26.7 Å². The van der Waals surface area contributed by atoms with E-state index in [0.717, 1.165) is 0 Å². The van der Waals surface area contributed by atoms with Crippen LogP contribution in [0.5, 0.6) is 0 Å². The molecule has 0 radical (unpaired) electrons. The normalized spacial score (nSPS) is 12.8. The second kappa shape index (κ2) is 6.66. The molecule has 0 aliphatic carbocycles. The predicted molar refractivity (Wildman–Crippen MR) is 77.2 cm³/mol. The van der Waals surface area contributed by atoms with Gasteiger partial charge in [-0.1, -0.05) is 26.0 Å². The monoisotopic (exact) mass is 320 g/mol. The van der Waals surface area contributed by atoms with Gasteiger partial charge in [0.1, 0.15) is 9.79 Å². The van der Waals surface area contributed by atoms with Crippen LogP contribution in [-0.2, 0) is 20.0 Å². The Kier molecular flexibility index (Phi) is 5.69. The van der Waals surface area contributed by atoms with Crippen molar-refractivity contribution in [1.82, 2.24) is 4.31 Å². The Morgan fingerprint density at radius 1 is 0.950 bits per heavy atom. The zero-order valence-corrected chi connectivity index (χ0v) is 13.2. The van der Waals surface area contributed by atoms with Gasteiger partial charge in [-0.2, -0.15) is 4.31 Å². The van der Waals surface area contributed by atoms with E-state index in [1.54, 1.807) is 0 Å². The van der Waals surface area contributed by atoms with Crippen molar-refractivity contribution in [3.63, 3.8) is 0 Å². The molecule has 8 heteroatoms. The fraction of sp³-hybridized carbons (Fsp3) is 0.500. The molecule has 1 aromatic carbocycles. The lowest BCUT2D eigenvalue weighted by molar-refractivity contribution is 0.408. The van der Waals surface area contributed by atoms with Gasteiger partial charge in [-0.3, -0.25) is 0 Å². The third kappa shape index (κ3) is 3.78. The van der Waals surface area contributed by atoms with Crippen molar-refractivity contribution < 1.29 is 16.8 Å². The highest BCUT2D eigenvalue weighted by Gasteiger charge is 2.28. The highest BCUT2D eigenvalue weighted by Crippen LogP contribution is 2.23. The van der Waals surface area contributed by atoms with Crippen molar-refractivity contribution >= 4 is 20.0 Å². The van der Waals surface area contributed by atoms with Crippen LogP contribution in [0, 0.1) is 0 Å². The smallest absolute Gasteiger partial charge is 0.225 e. The van der Waals surface area contributed by atoms with E-state index < -0.39 is 20.0 Å². The molecular weight excluding hydrogens is 300 g/mol. The number of primary sulfonamides is 1. The van der Waals surface area contributed by atoms with Crippen LogP contribution in [0.2, 0.25) is 0 Å². The molecule has 0 heterocycles. The fourth-order valence-electron chi connectivity index (χ4n) is 1.89. The van der Waals surface area contributed by atoms with Gasteiger partial charge in [0.2, 0.25) is 20.0 Å². The Morgan fingerprint density at radius 2 is 1.40 bits per heavy atom. The lowest BCUT2D eigenvalue weighted by Crippen LogP contribution is -2.33. The Labute approximate surface area is 120 Å². The molecule has 20 heavy (non-hydrogen) atoms. The van der Waals surface area contributed by atoms with E-state index in [4.69, 9.17) is 5.14 Å². The number of nitrogens with two attached hydrogens (primary N) is 1. The third-order valence-electron chi connectivity index (χ3n) is 2.72. The minimum atomic E-state index is -4.09. The summed E-state index contributed by atoms with van der Waals surface area (Å²) in [5.41, 5.74) is 0. The first-order valence-electron chi connectivity index (χ1n) is 6.37. The summed E-state index contributed by atoms with van der Waals surface area (Å²) in [7, 11) is -7.95. The standard InChI is InChI=1S/C12H20N2O4S2/c1-3-9-14(10-4-2)20(17,18)12-8-6-5-7-11(12)19(13,15)16/h5-8H,3-4,9-10H2,1-2H3,(H2,13,15,16). The van der Waals surface area contributed by atoms with Crippen molar-refractivity contribution in [2.75, 3.05) is 13.1 Å². The molecule has 0 spiro atoms. The van der Waals surface area contributed by atoms with Crippen molar-refractivity contribution in [2.45, 2.75) is 36.5 Å². The molecule has 0 aromatic heterocycles. The molecule has 1 aromatic rings. The Bertz CT molecular complexity index is 648. The predicted octanol–water partition coefficient (Wildman–Crippen LogP) is 1.14. The SMILES string of the molecule is CCCN(CCC)S(=O)(=O)c1ccccc1S(N)(=O)=O. The molecule has 6 nitrogen and oxygen atoms in total. The number of benzene rings is 1. The molecule has 0 atom stereocenters. The molecule has 2 N–H and O–H groups in total. The van der Waals surface area contributed by atoms with Crippen molar-refractivity contribution in [1.29, 1.82) is 0 Å². The van der Waals surface area contributed by atoms with E-state index in [-0.39, 0.29) is 9.79 Å². The zero-order chi connectivity index (χ0) is 15.4. The fourth-order valence-corrected chi connectivity index (χ4v) is 4.87. The molecule has 0 unspecified atom stereocenters. The summed E-state index contributed by atoms with van der Waals surface area (Å²) in [6.07, 6.45) is 1.30. The summed E-state index contributed by atoms with van der Waals surface area (Å²) in [6.45, 7) is 4.41. The second-order valence-corrected chi connectivity index (χ2v) is 7.83. The van der Waals surface area contributed by atoms with E-state index in [1.807, 2.05) is 13.8 Å². The molecule has 0 bridgehead atoms. The van der Waals surface area contributed by atoms with Crippen LogP contribution in [0.25, 0.3) is 0 Å². The number of rotatable bonds is 7. The second-order valence-electron chi connectivity index (χ2n) is 4.40. The first-order chi connectivity index (χ1) is 9.25. The lowest BCUT2D eigenvalue weighted by Gasteiger charge is -2.22. The average Bonchev–Trinajstić information content (AvgIpc) is 2.37. The summed E-state index contributed by atoms with van der Waals surface area (Å²) < 4.78 is 49.5. The van der Waals surface area contributed by atoms with E-state index in [0.29, 0.717) is 25.9 Å². The minimum Gasteiger partial charge on any atom is -0.225 e. The summed E-state index contributed by atoms with van der Waals surface area (Å²) in [5.74, 6) is 0. The molecule has 0 saturated heterocycles. The first-order valence-corrected chi connectivity index (χ1v) is 9.35. The van der Waals surface area contributed by atoms with E-state index in [1.165, 1.54) is 28.6 Å². The highest BCUT2D eigenvalue weighted by molar-refractivity contribution is 7.92. The van der Waals surface area contributed by atoms with Crippen molar-refractivity contribution in [3.8, 4) is 0 Å². The number of hydrogen-bond acceptors (Lipinski definition) is 4. The Hall–Kier alpha value is -0.960. The minimum absolute atomic E-state index is 0.260. The van der Waals surface area contributed by atoms with Gasteiger partial charge in [-0.25, -0.2) is 22.0 Å². The van der Waals surface area contributed by atoms with E-state index in [2.05, 4.69) is 0 Å². The van der Waals surface area contributed by atoms with Gasteiger partial charge in [-0.05, 0) is 25.0 Å². The van der Waals surface area contributed by atoms with Gasteiger partial charge in [0.25, 0.3) is 0 Å². The van der Waals surface area contributed by atoms with Crippen LogP contribution in [0.15, 0.2) is 34.1 Å². The van der Waals surface area contributed by atoms with Gasteiger partial charge in [-0.15, -0.1) is 0 Å². The Balaban J connectivity index is 3.42. The molecule has 0 amide bonds. The summed E-state index contributed by atoms with van der Waals surface area (Å²) in [5, 5.41) is 5.09. The van der Waals surface area contributed by atoms with E-state index >= 15 is 0 Å². The maximum absolute atomic E-state index is 12.6. The lowest BCUT2D eigenvalue weighted by atomic mass is 10.4. The highest BCUT2D eigenvalue weighted by atomic mass is 32.2. The summed E-state index contributed by atoms with van der Waals surface area (Å²) in [4.78, 5) is -0.624. The molecule has 0 aliphatic rings. The number of sulfonamides is 2. The van der Waals surface area contributed by atoms with Gasteiger partial charge in [0, 0.05) is 13.1 Å². The summed E-state index contributed by atoms with van der Waals surface area (Å²) in [6, 6.07) is 5.41. The third-order valence-corrected chi connectivity index (χ3v) is 5.77. The van der Waals surface area contributed by atoms with Gasteiger partial charge >= 0.3 is 0 Å². The largest absolute Gasteiger partial charge is 0.244 e. The van der Waals surface area contributed by atoms with Crippen molar-refractivity contribution in [3.05, 3.63) is 24.3 Å². The van der Waals surface area contributed by atoms with Crippen LogP contribution in [0.3, 0.4) is 0 Å².